The van der Waals surface area contributed by atoms with E-state index in [0.717, 1.165) is 0 Å². The van der Waals surface area contributed by atoms with Crippen LogP contribution in [0.15, 0.2) is 0 Å². The SMILES string of the molecule is C#CCCC(=O)OC(=O)O. The van der Waals surface area contributed by atoms with Gasteiger partial charge >= 0.3 is 12.1 Å². The molecule has 0 bridgehead atoms. The third kappa shape index (κ3) is 4.65. The zero-order valence-corrected chi connectivity index (χ0v) is 5.16. The molecule has 0 fully saturated rings. The fourth-order valence-corrected chi connectivity index (χ4v) is 0.323. The first kappa shape index (κ1) is 8.50. The highest BCUT2D eigenvalue weighted by molar-refractivity contribution is 5.80. The number of carbonyl (C=O) groups is 2. The van der Waals surface area contributed by atoms with E-state index in [1.807, 2.05) is 0 Å². The van der Waals surface area contributed by atoms with Gasteiger partial charge in [0.05, 0.1) is 6.42 Å². The van der Waals surface area contributed by atoms with Crippen LogP contribution in [0.3, 0.4) is 0 Å². The molecule has 0 rings (SSSR count). The van der Waals surface area contributed by atoms with E-state index in [1.54, 1.807) is 0 Å². The van der Waals surface area contributed by atoms with Gasteiger partial charge in [-0.2, -0.15) is 0 Å². The molecule has 0 saturated carbocycles. The summed E-state index contributed by atoms with van der Waals surface area (Å²) in [5.74, 6) is 1.36. The first-order valence-corrected chi connectivity index (χ1v) is 2.54. The van der Waals surface area contributed by atoms with Gasteiger partial charge in [-0.3, -0.25) is 4.79 Å². The van der Waals surface area contributed by atoms with Crippen molar-refractivity contribution in [2.75, 3.05) is 0 Å². The van der Waals surface area contributed by atoms with E-state index in [9.17, 15) is 9.59 Å². The molecule has 0 aliphatic carbocycles. The van der Waals surface area contributed by atoms with Gasteiger partial charge in [-0.1, -0.05) is 0 Å². The number of carbonyl (C=O) groups excluding carboxylic acids is 1. The zero-order valence-electron chi connectivity index (χ0n) is 5.16. The summed E-state index contributed by atoms with van der Waals surface area (Å²) in [5, 5.41) is 7.89. The summed E-state index contributed by atoms with van der Waals surface area (Å²) >= 11 is 0. The summed E-state index contributed by atoms with van der Waals surface area (Å²) in [5.41, 5.74) is 0. The quantitative estimate of drug-likeness (QED) is 0.348. The average Bonchev–Trinajstić information content (AvgIpc) is 1.82. The summed E-state index contributed by atoms with van der Waals surface area (Å²) in [6, 6.07) is 0. The molecule has 0 amide bonds. The molecule has 0 aromatic rings. The summed E-state index contributed by atoms with van der Waals surface area (Å²) in [4.78, 5) is 20.0. The lowest BCUT2D eigenvalue weighted by atomic mass is 10.3. The number of carboxylic acid groups (broad SMARTS) is 1. The molecule has 0 aromatic heterocycles. The maximum Gasteiger partial charge on any atom is 0.513 e. The predicted octanol–water partition coefficient (Wildman–Crippen LogP) is 0.621. The zero-order chi connectivity index (χ0) is 7.98. The van der Waals surface area contributed by atoms with Crippen LogP contribution in [0.4, 0.5) is 4.79 Å². The van der Waals surface area contributed by atoms with Crippen LogP contribution in [-0.2, 0) is 9.53 Å². The molecule has 10 heavy (non-hydrogen) atoms. The molecule has 0 radical (unpaired) electrons. The fourth-order valence-electron chi connectivity index (χ4n) is 0.323. The van der Waals surface area contributed by atoms with Crippen molar-refractivity contribution in [2.24, 2.45) is 0 Å². The molecule has 4 nitrogen and oxygen atoms in total. The van der Waals surface area contributed by atoms with Crippen molar-refractivity contribution in [3.8, 4) is 12.3 Å². The van der Waals surface area contributed by atoms with Crippen molar-refractivity contribution >= 4 is 12.1 Å². The van der Waals surface area contributed by atoms with Crippen LogP contribution in [0.5, 0.6) is 0 Å². The Hall–Kier alpha value is -1.50. The summed E-state index contributed by atoms with van der Waals surface area (Å²) in [6.45, 7) is 0. The predicted molar refractivity (Wildman–Crippen MR) is 32.2 cm³/mol. The topological polar surface area (TPSA) is 63.6 Å². The fraction of sp³-hybridized carbons (Fsp3) is 0.333. The first-order valence-electron chi connectivity index (χ1n) is 2.54. The molecule has 0 aromatic carbocycles. The summed E-state index contributed by atoms with van der Waals surface area (Å²) in [7, 11) is 0. The van der Waals surface area contributed by atoms with Gasteiger partial charge in [0.1, 0.15) is 0 Å². The van der Waals surface area contributed by atoms with Crippen molar-refractivity contribution in [2.45, 2.75) is 12.8 Å². The van der Waals surface area contributed by atoms with Gasteiger partial charge in [0.2, 0.25) is 0 Å². The number of ether oxygens (including phenoxy) is 1. The Kier molecular flexibility index (Phi) is 3.73. The summed E-state index contributed by atoms with van der Waals surface area (Å²) < 4.78 is 3.73. The first-order chi connectivity index (χ1) is 4.66. The maximum absolute atomic E-state index is 10.3. The highest BCUT2D eigenvalue weighted by Crippen LogP contribution is 1.90. The van der Waals surface area contributed by atoms with Crippen LogP contribution in [0.1, 0.15) is 12.8 Å². The molecule has 54 valence electrons. The van der Waals surface area contributed by atoms with Crippen molar-refractivity contribution in [1.29, 1.82) is 0 Å². The van der Waals surface area contributed by atoms with E-state index in [4.69, 9.17) is 11.5 Å². The molecule has 0 heterocycles. The van der Waals surface area contributed by atoms with Gasteiger partial charge in [-0.05, 0) is 0 Å². The van der Waals surface area contributed by atoms with Crippen LogP contribution >= 0.6 is 0 Å². The van der Waals surface area contributed by atoms with Gasteiger partial charge in [-0.15, -0.1) is 12.3 Å². The lowest BCUT2D eigenvalue weighted by Crippen LogP contribution is -2.08. The Labute approximate surface area is 57.8 Å². The second kappa shape index (κ2) is 4.39. The lowest BCUT2D eigenvalue weighted by molar-refractivity contribution is -0.138. The Morgan fingerprint density at radius 3 is 2.60 bits per heavy atom. The molecular weight excluding hydrogens is 136 g/mol. The summed E-state index contributed by atoms with van der Waals surface area (Å²) in [6.07, 6.45) is 3.35. The standard InChI is InChI=1S/C6H6O4/c1-2-3-4-5(7)10-6(8)9/h1H,3-4H2,(H,8,9). The minimum Gasteiger partial charge on any atom is -0.449 e. The van der Waals surface area contributed by atoms with Gasteiger partial charge < -0.3 is 9.84 Å². The molecule has 0 atom stereocenters. The van der Waals surface area contributed by atoms with E-state index < -0.39 is 12.1 Å². The Balaban J connectivity index is 3.47. The smallest absolute Gasteiger partial charge is 0.449 e. The van der Waals surface area contributed by atoms with E-state index >= 15 is 0 Å². The van der Waals surface area contributed by atoms with Gasteiger partial charge in [0, 0.05) is 6.42 Å². The molecule has 0 unspecified atom stereocenters. The number of rotatable bonds is 2. The lowest BCUT2D eigenvalue weighted by Gasteiger charge is -1.92. The van der Waals surface area contributed by atoms with Crippen LogP contribution in [0, 0.1) is 12.3 Å². The van der Waals surface area contributed by atoms with E-state index in [2.05, 4.69) is 10.7 Å². The number of terminal acetylenes is 1. The molecule has 0 aliphatic heterocycles. The van der Waals surface area contributed by atoms with Gasteiger partial charge in [0.15, 0.2) is 0 Å². The minimum atomic E-state index is -1.60. The number of esters is 1. The van der Waals surface area contributed by atoms with Gasteiger partial charge in [0.25, 0.3) is 0 Å². The van der Waals surface area contributed by atoms with E-state index in [0.29, 0.717) is 0 Å². The molecule has 0 spiro atoms. The molecule has 1 N–H and O–H groups in total. The molecule has 0 aliphatic rings. The average molecular weight is 142 g/mol. The van der Waals surface area contributed by atoms with Crippen LogP contribution in [0.2, 0.25) is 0 Å². The van der Waals surface area contributed by atoms with Gasteiger partial charge in [-0.25, -0.2) is 4.79 Å². The highest BCUT2D eigenvalue weighted by Gasteiger charge is 2.05. The van der Waals surface area contributed by atoms with E-state index in [1.165, 1.54) is 0 Å². The molecular formula is C6H6O4. The Bertz CT molecular complexity index is 177. The van der Waals surface area contributed by atoms with Crippen molar-refractivity contribution in [3.05, 3.63) is 0 Å². The third-order valence-electron chi connectivity index (χ3n) is 0.675. The Morgan fingerprint density at radius 2 is 2.20 bits per heavy atom. The monoisotopic (exact) mass is 142 g/mol. The van der Waals surface area contributed by atoms with Crippen LogP contribution < -0.4 is 0 Å². The maximum atomic E-state index is 10.3. The largest absolute Gasteiger partial charge is 0.513 e. The van der Waals surface area contributed by atoms with Crippen LogP contribution in [-0.4, -0.2) is 17.2 Å². The third-order valence-corrected chi connectivity index (χ3v) is 0.675. The number of hydrogen-bond acceptors (Lipinski definition) is 3. The normalized spacial score (nSPS) is 7.90. The van der Waals surface area contributed by atoms with Crippen LogP contribution in [0.25, 0.3) is 0 Å². The van der Waals surface area contributed by atoms with E-state index in [-0.39, 0.29) is 12.8 Å². The minimum absolute atomic E-state index is 0.0528. The molecule has 4 heteroatoms. The second-order valence-electron chi connectivity index (χ2n) is 1.44. The van der Waals surface area contributed by atoms with Crippen molar-refractivity contribution in [3.63, 3.8) is 0 Å². The highest BCUT2D eigenvalue weighted by atomic mass is 16.7. The number of hydrogen-bond donors (Lipinski definition) is 1. The Morgan fingerprint density at radius 1 is 1.60 bits per heavy atom. The second-order valence-corrected chi connectivity index (χ2v) is 1.44. The van der Waals surface area contributed by atoms with Crippen molar-refractivity contribution < 1.29 is 19.4 Å². The molecule has 0 saturated heterocycles. The van der Waals surface area contributed by atoms with Crippen molar-refractivity contribution in [1.82, 2.24) is 0 Å².